The van der Waals surface area contributed by atoms with Crippen LogP contribution in [0.3, 0.4) is 0 Å². The van der Waals surface area contributed by atoms with Gasteiger partial charge >= 0.3 is 0 Å². The van der Waals surface area contributed by atoms with Crippen LogP contribution in [0.15, 0.2) is 48.5 Å². The number of primary amides is 1. The summed E-state index contributed by atoms with van der Waals surface area (Å²) in [6.45, 7) is 1.40. The zero-order chi connectivity index (χ0) is 18.4. The maximum absolute atomic E-state index is 12.3. The molecule has 0 heterocycles. The normalized spacial score (nSPS) is 11.4. The molecule has 3 amide bonds. The third kappa shape index (κ3) is 5.61. The quantitative estimate of drug-likeness (QED) is 0.736. The molecule has 130 valence electrons. The summed E-state index contributed by atoms with van der Waals surface area (Å²) < 4.78 is 0. The first kappa shape index (κ1) is 18.5. The molecular weight excluding hydrogens is 342 g/mol. The van der Waals surface area contributed by atoms with Crippen LogP contribution in [-0.4, -0.2) is 23.8 Å². The summed E-state index contributed by atoms with van der Waals surface area (Å²) >= 11 is 5.83. The van der Waals surface area contributed by atoms with Gasteiger partial charge in [-0.2, -0.15) is 0 Å². The van der Waals surface area contributed by atoms with Crippen LogP contribution in [0, 0.1) is 0 Å². The summed E-state index contributed by atoms with van der Waals surface area (Å²) in [4.78, 5) is 35.0. The minimum absolute atomic E-state index is 0.200. The molecular formula is C18H18ClN3O3. The van der Waals surface area contributed by atoms with Crippen molar-refractivity contribution in [3.05, 3.63) is 64.7 Å². The van der Waals surface area contributed by atoms with Crippen molar-refractivity contribution in [3.63, 3.8) is 0 Å². The third-order valence-electron chi connectivity index (χ3n) is 3.47. The van der Waals surface area contributed by atoms with Crippen molar-refractivity contribution >= 4 is 35.0 Å². The molecule has 2 aromatic rings. The van der Waals surface area contributed by atoms with Crippen molar-refractivity contribution in [1.82, 2.24) is 5.32 Å². The predicted octanol–water partition coefficient (Wildman–Crippen LogP) is 2.12. The average Bonchev–Trinajstić information content (AvgIpc) is 2.56. The summed E-state index contributed by atoms with van der Waals surface area (Å²) in [5, 5.41) is 5.82. The summed E-state index contributed by atoms with van der Waals surface area (Å²) in [5.74, 6) is -1.25. The molecule has 0 saturated heterocycles. The highest BCUT2D eigenvalue weighted by Crippen LogP contribution is 2.12. The fourth-order valence-corrected chi connectivity index (χ4v) is 2.35. The van der Waals surface area contributed by atoms with Crippen LogP contribution in [0.5, 0.6) is 0 Å². The Morgan fingerprint density at radius 2 is 1.64 bits per heavy atom. The minimum Gasteiger partial charge on any atom is -0.368 e. The summed E-state index contributed by atoms with van der Waals surface area (Å²) in [7, 11) is 0. The van der Waals surface area contributed by atoms with Crippen molar-refractivity contribution in [3.8, 4) is 0 Å². The summed E-state index contributed by atoms with van der Waals surface area (Å²) in [5.41, 5.74) is 7.16. The second-order valence-electron chi connectivity index (χ2n) is 5.52. The fourth-order valence-electron chi connectivity index (χ4n) is 2.23. The Morgan fingerprint density at radius 3 is 2.16 bits per heavy atom. The molecule has 0 saturated carbocycles. The summed E-state index contributed by atoms with van der Waals surface area (Å²) in [6, 6.07) is 12.4. The van der Waals surface area contributed by atoms with E-state index in [4.69, 9.17) is 17.3 Å². The van der Waals surface area contributed by atoms with E-state index in [9.17, 15) is 14.4 Å². The van der Waals surface area contributed by atoms with Gasteiger partial charge in [0.2, 0.25) is 11.8 Å². The van der Waals surface area contributed by atoms with E-state index >= 15 is 0 Å². The number of halogens is 1. The van der Waals surface area contributed by atoms with E-state index in [-0.39, 0.29) is 12.3 Å². The first-order chi connectivity index (χ1) is 11.8. The zero-order valence-corrected chi connectivity index (χ0v) is 14.3. The van der Waals surface area contributed by atoms with Gasteiger partial charge in [0.25, 0.3) is 5.91 Å². The predicted molar refractivity (Wildman–Crippen MR) is 96.4 cm³/mol. The standard InChI is InChI=1S/C18H18ClN3O3/c1-11(23)21-15-8-4-13(5-9-15)18(25)22-16(17(20)24)10-12-2-6-14(19)7-3-12/h2-9,16H,10H2,1H3,(H2,20,24)(H,21,23)(H,22,25)/t16-/m1/s1. The van der Waals surface area contributed by atoms with Crippen molar-refractivity contribution in [2.75, 3.05) is 5.32 Å². The van der Waals surface area contributed by atoms with E-state index in [1.54, 1.807) is 48.5 Å². The maximum Gasteiger partial charge on any atom is 0.251 e. The van der Waals surface area contributed by atoms with E-state index in [2.05, 4.69) is 10.6 Å². The second-order valence-corrected chi connectivity index (χ2v) is 5.95. The van der Waals surface area contributed by atoms with Crippen LogP contribution in [0.25, 0.3) is 0 Å². The van der Waals surface area contributed by atoms with Crippen LogP contribution in [0.2, 0.25) is 5.02 Å². The van der Waals surface area contributed by atoms with Gasteiger partial charge in [-0.3, -0.25) is 14.4 Å². The highest BCUT2D eigenvalue weighted by Gasteiger charge is 2.19. The Balaban J connectivity index is 2.05. The van der Waals surface area contributed by atoms with Crippen molar-refractivity contribution in [2.45, 2.75) is 19.4 Å². The zero-order valence-electron chi connectivity index (χ0n) is 13.6. The van der Waals surface area contributed by atoms with Crippen LogP contribution >= 0.6 is 11.6 Å². The highest BCUT2D eigenvalue weighted by molar-refractivity contribution is 6.30. The first-order valence-corrected chi connectivity index (χ1v) is 7.95. The number of carbonyl (C=O) groups excluding carboxylic acids is 3. The molecule has 0 radical (unpaired) electrons. The molecule has 2 aromatic carbocycles. The lowest BCUT2D eigenvalue weighted by atomic mass is 10.0. The second kappa shape index (κ2) is 8.30. The number of benzene rings is 2. The molecule has 4 N–H and O–H groups in total. The Labute approximate surface area is 150 Å². The Morgan fingerprint density at radius 1 is 1.04 bits per heavy atom. The molecule has 1 atom stereocenters. The Kier molecular flexibility index (Phi) is 6.14. The molecule has 0 unspecified atom stereocenters. The van der Waals surface area contributed by atoms with Crippen LogP contribution in [0.1, 0.15) is 22.8 Å². The number of nitrogens with one attached hydrogen (secondary N) is 2. The molecule has 0 aliphatic carbocycles. The minimum atomic E-state index is -0.844. The van der Waals surface area contributed by atoms with E-state index in [1.165, 1.54) is 6.92 Å². The highest BCUT2D eigenvalue weighted by atomic mass is 35.5. The lowest BCUT2D eigenvalue weighted by Crippen LogP contribution is -2.45. The van der Waals surface area contributed by atoms with Crippen molar-refractivity contribution in [2.24, 2.45) is 5.73 Å². The third-order valence-corrected chi connectivity index (χ3v) is 3.72. The molecule has 0 aromatic heterocycles. The van der Waals surface area contributed by atoms with Gasteiger partial charge in [0, 0.05) is 29.6 Å². The lowest BCUT2D eigenvalue weighted by molar-refractivity contribution is -0.119. The van der Waals surface area contributed by atoms with Gasteiger partial charge in [-0.15, -0.1) is 0 Å². The monoisotopic (exact) mass is 359 g/mol. The molecule has 25 heavy (non-hydrogen) atoms. The van der Waals surface area contributed by atoms with Gasteiger partial charge in [-0.05, 0) is 42.0 Å². The van der Waals surface area contributed by atoms with Crippen LogP contribution < -0.4 is 16.4 Å². The number of carbonyl (C=O) groups is 3. The van der Waals surface area contributed by atoms with Gasteiger partial charge in [0.15, 0.2) is 0 Å². The van der Waals surface area contributed by atoms with Gasteiger partial charge in [0.05, 0.1) is 0 Å². The van der Waals surface area contributed by atoms with Crippen LogP contribution in [-0.2, 0) is 16.0 Å². The first-order valence-electron chi connectivity index (χ1n) is 7.57. The fraction of sp³-hybridized carbons (Fsp3) is 0.167. The number of anilines is 1. The molecule has 0 spiro atoms. The lowest BCUT2D eigenvalue weighted by Gasteiger charge is -2.16. The molecule has 0 fully saturated rings. The Bertz CT molecular complexity index is 773. The molecule has 0 aliphatic rings. The van der Waals surface area contributed by atoms with Gasteiger partial charge < -0.3 is 16.4 Å². The van der Waals surface area contributed by atoms with E-state index in [0.29, 0.717) is 16.3 Å². The van der Waals surface area contributed by atoms with E-state index in [1.807, 2.05) is 0 Å². The van der Waals surface area contributed by atoms with Gasteiger partial charge in [-0.1, -0.05) is 23.7 Å². The summed E-state index contributed by atoms with van der Waals surface area (Å²) in [6.07, 6.45) is 0.266. The van der Waals surface area contributed by atoms with E-state index in [0.717, 1.165) is 5.56 Å². The topological polar surface area (TPSA) is 101 Å². The van der Waals surface area contributed by atoms with Crippen LogP contribution in [0.4, 0.5) is 5.69 Å². The number of hydrogen-bond acceptors (Lipinski definition) is 3. The largest absolute Gasteiger partial charge is 0.368 e. The van der Waals surface area contributed by atoms with Gasteiger partial charge in [0.1, 0.15) is 6.04 Å². The molecule has 2 rings (SSSR count). The molecule has 0 bridgehead atoms. The number of nitrogens with two attached hydrogens (primary N) is 1. The Hall–Kier alpha value is -2.86. The number of rotatable bonds is 6. The van der Waals surface area contributed by atoms with Gasteiger partial charge in [-0.25, -0.2) is 0 Å². The van der Waals surface area contributed by atoms with E-state index < -0.39 is 17.9 Å². The smallest absolute Gasteiger partial charge is 0.251 e. The molecule has 7 heteroatoms. The maximum atomic E-state index is 12.3. The molecule has 0 aliphatic heterocycles. The SMILES string of the molecule is CC(=O)Nc1ccc(C(=O)N[C@H](Cc2ccc(Cl)cc2)C(N)=O)cc1. The van der Waals surface area contributed by atoms with Crippen molar-refractivity contribution < 1.29 is 14.4 Å². The van der Waals surface area contributed by atoms with Crippen molar-refractivity contribution in [1.29, 1.82) is 0 Å². The average molecular weight is 360 g/mol. The molecule has 6 nitrogen and oxygen atoms in total. The number of hydrogen-bond donors (Lipinski definition) is 3. The number of amides is 3.